The first-order valence-electron chi connectivity index (χ1n) is 7.32. The zero-order valence-electron chi connectivity index (χ0n) is 13.2. The Labute approximate surface area is 126 Å². The van der Waals surface area contributed by atoms with Crippen LogP contribution < -0.4 is 19.5 Å². The van der Waals surface area contributed by atoms with E-state index in [4.69, 9.17) is 14.2 Å². The molecule has 0 amide bonds. The number of hydrogen-bond acceptors (Lipinski definition) is 5. The molecule has 1 aliphatic rings. The zero-order chi connectivity index (χ0) is 15.4. The molecule has 118 valence electrons. The molecule has 21 heavy (non-hydrogen) atoms. The van der Waals surface area contributed by atoms with E-state index in [1.807, 2.05) is 12.1 Å². The van der Waals surface area contributed by atoms with E-state index in [1.54, 1.807) is 21.3 Å². The number of rotatable bonds is 8. The van der Waals surface area contributed by atoms with E-state index in [9.17, 15) is 5.11 Å². The second kappa shape index (κ2) is 7.00. The van der Waals surface area contributed by atoms with Crippen molar-refractivity contribution in [3.05, 3.63) is 17.7 Å². The first-order valence-corrected chi connectivity index (χ1v) is 7.32. The third-order valence-corrected chi connectivity index (χ3v) is 3.99. The summed E-state index contributed by atoms with van der Waals surface area (Å²) in [7, 11) is 4.81. The maximum atomic E-state index is 9.94. The molecule has 1 aliphatic carbocycles. The highest BCUT2D eigenvalue weighted by atomic mass is 16.5. The molecule has 5 heteroatoms. The molecule has 0 aromatic heterocycles. The number of benzene rings is 1. The van der Waals surface area contributed by atoms with E-state index >= 15 is 0 Å². The predicted molar refractivity (Wildman–Crippen MR) is 81.2 cm³/mol. The smallest absolute Gasteiger partial charge is 0.203 e. The van der Waals surface area contributed by atoms with Gasteiger partial charge in [-0.15, -0.1) is 0 Å². The van der Waals surface area contributed by atoms with E-state index in [0.717, 1.165) is 18.4 Å². The van der Waals surface area contributed by atoms with E-state index in [1.165, 1.54) is 0 Å². The Morgan fingerprint density at radius 2 is 1.71 bits per heavy atom. The van der Waals surface area contributed by atoms with E-state index < -0.39 is 0 Å². The number of ether oxygens (including phenoxy) is 3. The minimum absolute atomic E-state index is 0.0899. The van der Waals surface area contributed by atoms with Crippen LogP contribution in [0.4, 0.5) is 0 Å². The fraction of sp³-hybridized carbons (Fsp3) is 0.625. The van der Waals surface area contributed by atoms with Gasteiger partial charge in [-0.3, -0.25) is 0 Å². The monoisotopic (exact) mass is 295 g/mol. The molecular formula is C16H25NO4. The van der Waals surface area contributed by atoms with Gasteiger partial charge in [0.15, 0.2) is 11.5 Å². The van der Waals surface area contributed by atoms with Crippen LogP contribution in [0.25, 0.3) is 0 Å². The summed E-state index contributed by atoms with van der Waals surface area (Å²) in [6, 6.07) is 3.96. The van der Waals surface area contributed by atoms with Gasteiger partial charge in [-0.05, 0) is 43.4 Å². The summed E-state index contributed by atoms with van der Waals surface area (Å²) in [6.07, 6.45) is 2.03. The molecule has 1 saturated carbocycles. The van der Waals surface area contributed by atoms with Crippen molar-refractivity contribution in [1.29, 1.82) is 0 Å². The molecule has 2 unspecified atom stereocenters. The predicted octanol–water partition coefficient (Wildman–Crippen LogP) is 2.13. The van der Waals surface area contributed by atoms with Gasteiger partial charge in [0.2, 0.25) is 5.75 Å². The number of methoxy groups -OCH3 is 3. The van der Waals surface area contributed by atoms with E-state index in [0.29, 0.717) is 29.7 Å². The van der Waals surface area contributed by atoms with Crippen molar-refractivity contribution in [2.75, 3.05) is 27.9 Å². The van der Waals surface area contributed by atoms with E-state index in [-0.39, 0.29) is 12.1 Å². The lowest BCUT2D eigenvalue weighted by molar-refractivity contribution is 0.145. The molecule has 0 bridgehead atoms. The van der Waals surface area contributed by atoms with Crippen LogP contribution in [0.1, 0.15) is 31.4 Å². The third-order valence-electron chi connectivity index (χ3n) is 3.99. The maximum Gasteiger partial charge on any atom is 0.203 e. The van der Waals surface area contributed by atoms with Gasteiger partial charge in [0.1, 0.15) is 0 Å². The topological polar surface area (TPSA) is 60.0 Å². The Morgan fingerprint density at radius 1 is 1.14 bits per heavy atom. The van der Waals surface area contributed by atoms with Gasteiger partial charge in [0.25, 0.3) is 0 Å². The molecule has 2 atom stereocenters. The lowest BCUT2D eigenvalue weighted by atomic mass is 10.1. The summed E-state index contributed by atoms with van der Waals surface area (Å²) in [5.74, 6) is 2.35. The second-order valence-electron chi connectivity index (χ2n) is 5.49. The normalized spacial score (nSPS) is 17.2. The van der Waals surface area contributed by atoms with Crippen molar-refractivity contribution < 1.29 is 19.3 Å². The first kappa shape index (κ1) is 15.9. The van der Waals surface area contributed by atoms with Crippen LogP contribution in [-0.4, -0.2) is 39.1 Å². The van der Waals surface area contributed by atoms with Gasteiger partial charge < -0.3 is 24.6 Å². The highest BCUT2D eigenvalue weighted by Gasteiger charge is 2.29. The SMILES string of the molecule is COc1cc(C(C)NCC(O)C2CC2)cc(OC)c1OC. The minimum Gasteiger partial charge on any atom is -0.493 e. The average molecular weight is 295 g/mol. The Hall–Kier alpha value is -1.46. The molecule has 5 nitrogen and oxygen atoms in total. The molecular weight excluding hydrogens is 270 g/mol. The third kappa shape index (κ3) is 3.80. The van der Waals surface area contributed by atoms with Crippen LogP contribution in [0, 0.1) is 5.92 Å². The largest absolute Gasteiger partial charge is 0.493 e. The average Bonchev–Trinajstić information content (AvgIpc) is 3.35. The lowest BCUT2D eigenvalue weighted by Crippen LogP contribution is -2.30. The Balaban J connectivity index is 2.10. The standard InChI is InChI=1S/C16H25NO4/c1-10(17-9-13(18)11-5-6-11)12-7-14(19-2)16(21-4)15(8-12)20-3/h7-8,10-11,13,17-18H,5-6,9H2,1-4H3. The lowest BCUT2D eigenvalue weighted by Gasteiger charge is -2.20. The Kier molecular flexibility index (Phi) is 5.31. The zero-order valence-corrected chi connectivity index (χ0v) is 13.2. The summed E-state index contributed by atoms with van der Waals surface area (Å²) >= 11 is 0. The molecule has 1 aromatic rings. The number of aliphatic hydroxyl groups is 1. The second-order valence-corrected chi connectivity index (χ2v) is 5.49. The van der Waals surface area contributed by atoms with Gasteiger partial charge >= 0.3 is 0 Å². The van der Waals surface area contributed by atoms with Gasteiger partial charge in [-0.25, -0.2) is 0 Å². The number of hydrogen-bond donors (Lipinski definition) is 2. The van der Waals surface area contributed by atoms with Gasteiger partial charge in [-0.2, -0.15) is 0 Å². The fourth-order valence-electron chi connectivity index (χ4n) is 2.41. The van der Waals surface area contributed by atoms with Crippen molar-refractivity contribution in [3.63, 3.8) is 0 Å². The minimum atomic E-state index is -0.255. The van der Waals surface area contributed by atoms with Crippen LogP contribution >= 0.6 is 0 Å². The van der Waals surface area contributed by atoms with Crippen molar-refractivity contribution in [2.45, 2.75) is 31.9 Å². The summed E-state index contributed by atoms with van der Waals surface area (Å²) in [4.78, 5) is 0. The summed E-state index contributed by atoms with van der Waals surface area (Å²) < 4.78 is 16.0. The van der Waals surface area contributed by atoms with Crippen LogP contribution in [0.3, 0.4) is 0 Å². The molecule has 0 saturated heterocycles. The van der Waals surface area contributed by atoms with Crippen molar-refractivity contribution in [3.8, 4) is 17.2 Å². The van der Waals surface area contributed by atoms with Crippen molar-refractivity contribution in [2.24, 2.45) is 5.92 Å². The summed E-state index contributed by atoms with van der Waals surface area (Å²) in [5, 5.41) is 13.3. The van der Waals surface area contributed by atoms with Crippen molar-refractivity contribution >= 4 is 0 Å². The first-order chi connectivity index (χ1) is 10.1. The molecule has 0 spiro atoms. The summed E-state index contributed by atoms with van der Waals surface area (Å²) in [5.41, 5.74) is 1.03. The van der Waals surface area contributed by atoms with Gasteiger partial charge in [-0.1, -0.05) is 0 Å². The highest BCUT2D eigenvalue weighted by Crippen LogP contribution is 2.39. The van der Waals surface area contributed by atoms with Gasteiger partial charge in [0.05, 0.1) is 27.4 Å². The molecule has 0 aliphatic heterocycles. The summed E-state index contributed by atoms with van der Waals surface area (Å²) in [6.45, 7) is 2.66. The van der Waals surface area contributed by atoms with Crippen LogP contribution in [0.2, 0.25) is 0 Å². The maximum absolute atomic E-state index is 9.94. The van der Waals surface area contributed by atoms with Crippen LogP contribution in [0.5, 0.6) is 17.2 Å². The van der Waals surface area contributed by atoms with Crippen LogP contribution in [0.15, 0.2) is 12.1 Å². The fourth-order valence-corrected chi connectivity index (χ4v) is 2.41. The number of nitrogens with one attached hydrogen (secondary N) is 1. The quantitative estimate of drug-likeness (QED) is 0.769. The molecule has 0 heterocycles. The van der Waals surface area contributed by atoms with E-state index in [2.05, 4.69) is 12.2 Å². The molecule has 0 radical (unpaired) electrons. The van der Waals surface area contributed by atoms with Crippen LogP contribution in [-0.2, 0) is 0 Å². The Bertz CT molecular complexity index is 448. The Morgan fingerprint density at radius 3 is 2.14 bits per heavy atom. The molecule has 2 rings (SSSR count). The molecule has 1 aromatic carbocycles. The molecule has 1 fully saturated rings. The highest BCUT2D eigenvalue weighted by molar-refractivity contribution is 5.54. The molecule has 2 N–H and O–H groups in total. The van der Waals surface area contributed by atoms with Gasteiger partial charge in [0, 0.05) is 12.6 Å². The van der Waals surface area contributed by atoms with Crippen molar-refractivity contribution in [1.82, 2.24) is 5.32 Å². The number of aliphatic hydroxyl groups excluding tert-OH is 1.